The van der Waals surface area contributed by atoms with Crippen molar-refractivity contribution in [2.24, 2.45) is 5.92 Å². The molecule has 0 spiro atoms. The second-order valence-electron chi connectivity index (χ2n) is 16.4. The Balaban J connectivity index is 1.27. The highest BCUT2D eigenvalue weighted by Gasteiger charge is 2.63. The number of amides is 6. The minimum atomic E-state index is -4.02. The Labute approximate surface area is 310 Å². The van der Waals surface area contributed by atoms with Crippen molar-refractivity contribution in [3.8, 4) is 0 Å². The summed E-state index contributed by atoms with van der Waals surface area (Å²) >= 11 is 0. The molecule has 5 aliphatic rings. The molecule has 1 aromatic rings. The fourth-order valence-corrected chi connectivity index (χ4v) is 8.54. The second-order valence-corrected chi connectivity index (χ2v) is 18.6. The molecule has 14 nitrogen and oxygen atoms in total. The molecule has 53 heavy (non-hydrogen) atoms. The molecule has 3 N–H and O–H groups in total. The number of hydrogen-bond acceptors (Lipinski definition) is 8. The van der Waals surface area contributed by atoms with E-state index >= 15 is 0 Å². The quantitative estimate of drug-likeness (QED) is 0.383. The molecular formula is C37H51FN6O8S. The summed E-state index contributed by atoms with van der Waals surface area (Å²) in [6, 6.07) is 1.93. The van der Waals surface area contributed by atoms with Crippen LogP contribution in [0.15, 0.2) is 30.4 Å². The fourth-order valence-electron chi connectivity index (χ4n) is 7.22. The molecule has 0 unspecified atom stereocenters. The first-order chi connectivity index (χ1) is 24.8. The molecule has 0 aromatic heterocycles. The first-order valence-corrected chi connectivity index (χ1v) is 20.0. The lowest BCUT2D eigenvalue weighted by atomic mass is 10.0. The van der Waals surface area contributed by atoms with Crippen LogP contribution in [0.2, 0.25) is 0 Å². The molecule has 1 aromatic carbocycles. The van der Waals surface area contributed by atoms with Crippen LogP contribution < -0.4 is 15.4 Å². The number of nitrogens with one attached hydrogen (secondary N) is 3. The van der Waals surface area contributed by atoms with Gasteiger partial charge in [0, 0.05) is 37.0 Å². The highest BCUT2D eigenvalue weighted by Crippen LogP contribution is 2.47. The Kier molecular flexibility index (Phi) is 10.3. The number of nitrogens with zero attached hydrogens (tertiary/aromatic N) is 3. The fraction of sp³-hybridized carbons (Fsp3) is 0.649. The molecule has 0 radical (unpaired) electrons. The normalized spacial score (nSPS) is 28.9. The van der Waals surface area contributed by atoms with Gasteiger partial charge in [0.05, 0.1) is 17.8 Å². The van der Waals surface area contributed by atoms with E-state index in [1.807, 2.05) is 32.9 Å². The third-order valence-corrected chi connectivity index (χ3v) is 13.7. The van der Waals surface area contributed by atoms with Gasteiger partial charge in [0.25, 0.3) is 5.91 Å². The first kappa shape index (κ1) is 38.5. The van der Waals surface area contributed by atoms with Gasteiger partial charge in [0.15, 0.2) is 0 Å². The molecular weight excluding hydrogens is 708 g/mol. The van der Waals surface area contributed by atoms with E-state index in [0.29, 0.717) is 43.2 Å². The highest BCUT2D eigenvalue weighted by molar-refractivity contribution is 7.91. The zero-order valence-electron chi connectivity index (χ0n) is 31.1. The number of allylic oxidation sites excluding steroid dienone is 1. The summed E-state index contributed by atoms with van der Waals surface area (Å²) in [6.07, 6.45) is 6.03. The summed E-state index contributed by atoms with van der Waals surface area (Å²) in [5, 5.41) is 5.68. The van der Waals surface area contributed by atoms with Crippen molar-refractivity contribution in [1.29, 1.82) is 0 Å². The van der Waals surface area contributed by atoms with E-state index in [0.717, 1.165) is 12.8 Å². The molecule has 3 aliphatic heterocycles. The van der Waals surface area contributed by atoms with Gasteiger partial charge in [0.2, 0.25) is 21.8 Å². The average Bonchev–Trinajstić information content (AvgIpc) is 3.88. The van der Waals surface area contributed by atoms with Crippen LogP contribution in [0.5, 0.6) is 0 Å². The minimum absolute atomic E-state index is 0.00398. The number of carbonyl (C=O) groups is 5. The predicted octanol–water partition coefficient (Wildman–Crippen LogP) is 3.45. The Hall–Kier alpha value is -4.21. The van der Waals surface area contributed by atoms with Gasteiger partial charge in [-0.1, -0.05) is 37.1 Å². The molecule has 2 aliphatic carbocycles. The van der Waals surface area contributed by atoms with E-state index in [9.17, 15) is 36.8 Å². The largest absolute Gasteiger partial charge is 0.444 e. The van der Waals surface area contributed by atoms with Crippen molar-refractivity contribution in [2.45, 2.75) is 133 Å². The highest BCUT2D eigenvalue weighted by atomic mass is 32.2. The maximum Gasteiger partial charge on any atom is 0.410 e. The SMILES string of the molecule is CN(C(=O)N[C@H]1CCCCC/C=C\[C@@H]2C[C@@]2(C(=O)NS(=O)(=O)C2(C)CC2)NC(=O)[C@@H]2C[C@@H](OC(=O)N3Cc4cccc(F)c4C3)CN2C1=O)C(C)(C)C. The molecule has 3 fully saturated rings. The second kappa shape index (κ2) is 14.2. The van der Waals surface area contributed by atoms with E-state index in [4.69, 9.17) is 4.74 Å². The van der Waals surface area contributed by atoms with Crippen LogP contribution in [0.3, 0.4) is 0 Å². The van der Waals surface area contributed by atoms with Gasteiger partial charge < -0.3 is 25.2 Å². The lowest BCUT2D eigenvalue weighted by Gasteiger charge is -2.35. The van der Waals surface area contributed by atoms with Crippen molar-refractivity contribution >= 4 is 39.9 Å². The monoisotopic (exact) mass is 758 g/mol. The lowest BCUT2D eigenvalue weighted by molar-refractivity contribution is -0.141. The first-order valence-electron chi connectivity index (χ1n) is 18.5. The molecule has 3 heterocycles. The zero-order valence-corrected chi connectivity index (χ0v) is 31.9. The Morgan fingerprint density at radius 1 is 1.09 bits per heavy atom. The number of halogens is 1. The standard InChI is InChI=1S/C37H51FN6O8S/c1-35(2,3)42(5)33(48)39-28-15-10-8-6-7-9-13-24-19-37(24,32(47)41-53(50,51)36(4)16-17-36)40-30(45)29-18-25(21-44(29)31(28)46)52-34(49)43-20-23-12-11-14-27(38)26(23)22-43/h9,11-14,24-25,28-29H,6-8,10,15-22H2,1-5H3,(H,39,48)(H,40,45)(H,41,47)/b13-9-/t24-,25-,28+,29+,37-/m1/s1. The van der Waals surface area contributed by atoms with Gasteiger partial charge in [-0.15, -0.1) is 0 Å². The molecule has 6 amide bonds. The number of sulfonamides is 1. The predicted molar refractivity (Wildman–Crippen MR) is 192 cm³/mol. The number of ether oxygens (including phenoxy) is 1. The van der Waals surface area contributed by atoms with Crippen molar-refractivity contribution in [1.82, 2.24) is 30.1 Å². The van der Waals surface area contributed by atoms with Crippen LogP contribution >= 0.6 is 0 Å². The summed E-state index contributed by atoms with van der Waals surface area (Å²) in [6.45, 7) is 7.11. The van der Waals surface area contributed by atoms with Crippen LogP contribution in [-0.2, 0) is 42.2 Å². The topological polar surface area (TPSA) is 175 Å². The van der Waals surface area contributed by atoms with Gasteiger partial charge in [-0.2, -0.15) is 0 Å². The maximum absolute atomic E-state index is 14.5. The van der Waals surface area contributed by atoms with Crippen molar-refractivity contribution < 1.29 is 41.5 Å². The van der Waals surface area contributed by atoms with Crippen LogP contribution in [0.4, 0.5) is 14.0 Å². The molecule has 0 bridgehead atoms. The van der Waals surface area contributed by atoms with E-state index in [-0.39, 0.29) is 32.5 Å². The summed E-state index contributed by atoms with van der Waals surface area (Å²) in [4.78, 5) is 73.4. The van der Waals surface area contributed by atoms with E-state index in [2.05, 4.69) is 15.4 Å². The van der Waals surface area contributed by atoms with Crippen molar-refractivity contribution in [2.75, 3.05) is 13.6 Å². The zero-order chi connectivity index (χ0) is 38.5. The van der Waals surface area contributed by atoms with Crippen molar-refractivity contribution in [3.63, 3.8) is 0 Å². The molecule has 6 rings (SSSR count). The van der Waals surface area contributed by atoms with Gasteiger partial charge in [-0.05, 0) is 77.8 Å². The minimum Gasteiger partial charge on any atom is -0.444 e. The van der Waals surface area contributed by atoms with Crippen LogP contribution in [0.1, 0.15) is 96.6 Å². The van der Waals surface area contributed by atoms with Gasteiger partial charge in [-0.25, -0.2) is 22.4 Å². The van der Waals surface area contributed by atoms with E-state index in [1.165, 1.54) is 20.8 Å². The number of fused-ring (bicyclic) bond motifs is 3. The van der Waals surface area contributed by atoms with Crippen molar-refractivity contribution in [3.05, 3.63) is 47.3 Å². The number of rotatable bonds is 5. The van der Waals surface area contributed by atoms with Crippen LogP contribution in [0.25, 0.3) is 0 Å². The third-order valence-electron chi connectivity index (χ3n) is 11.5. The Bertz CT molecular complexity index is 1810. The number of benzene rings is 1. The summed E-state index contributed by atoms with van der Waals surface area (Å²) in [7, 11) is -2.39. The van der Waals surface area contributed by atoms with Crippen LogP contribution in [-0.4, -0.2) is 101 Å². The molecule has 1 saturated heterocycles. The molecule has 16 heteroatoms. The molecule has 2 saturated carbocycles. The summed E-state index contributed by atoms with van der Waals surface area (Å²) in [5.41, 5.74) is -1.06. The van der Waals surface area contributed by atoms with E-state index in [1.54, 1.807) is 26.1 Å². The maximum atomic E-state index is 14.5. The van der Waals surface area contributed by atoms with Gasteiger partial charge >= 0.3 is 12.1 Å². The summed E-state index contributed by atoms with van der Waals surface area (Å²) < 4.78 is 47.6. The number of carbonyl (C=O) groups excluding carboxylic acids is 5. The smallest absolute Gasteiger partial charge is 0.410 e. The number of hydrogen-bond donors (Lipinski definition) is 3. The van der Waals surface area contributed by atoms with E-state index < -0.39 is 85.6 Å². The average molecular weight is 759 g/mol. The Morgan fingerprint density at radius 3 is 2.51 bits per heavy atom. The third kappa shape index (κ3) is 7.88. The summed E-state index contributed by atoms with van der Waals surface area (Å²) in [5.74, 6) is -3.00. The number of urea groups is 1. The molecule has 5 atom stereocenters. The Morgan fingerprint density at radius 2 is 1.83 bits per heavy atom. The van der Waals surface area contributed by atoms with Gasteiger partial charge in [-0.3, -0.25) is 24.0 Å². The lowest BCUT2D eigenvalue weighted by Crippen LogP contribution is -2.59. The molecule has 290 valence electrons. The van der Waals surface area contributed by atoms with Gasteiger partial charge in [0.1, 0.15) is 29.5 Å². The van der Waals surface area contributed by atoms with Crippen LogP contribution in [0, 0.1) is 11.7 Å².